The van der Waals surface area contributed by atoms with Crippen molar-refractivity contribution in [2.24, 2.45) is 13.0 Å². The first-order valence-electron chi connectivity index (χ1n) is 8.87. The Balaban J connectivity index is 1.76. The van der Waals surface area contributed by atoms with E-state index in [0.29, 0.717) is 5.82 Å². The quantitative estimate of drug-likeness (QED) is 0.482. The first-order valence-corrected chi connectivity index (χ1v) is 11.4. The van der Waals surface area contributed by atoms with Crippen LogP contribution in [0.2, 0.25) is 0 Å². The van der Waals surface area contributed by atoms with Crippen LogP contribution in [0.1, 0.15) is 6.42 Å². The van der Waals surface area contributed by atoms with E-state index in [2.05, 4.69) is 30.8 Å². The summed E-state index contributed by atoms with van der Waals surface area (Å²) in [7, 11) is 1.94. The Bertz CT molecular complexity index is 1140. The lowest BCUT2D eigenvalue weighted by atomic mass is 10.1. The molecule has 4 aromatic rings. The van der Waals surface area contributed by atoms with Crippen molar-refractivity contribution in [1.82, 2.24) is 24.5 Å². The van der Waals surface area contributed by atoms with Gasteiger partial charge in [-0.15, -0.1) is 22.7 Å². The standard InChI is InChI=1S/C18H17BrN6OS2/c1-24-5-3-20-17(24)15-22-16(25-4-2-10(6-25)7-26)13-12(11-8-27-9-21-11)14(19)28-18(13)23-15/h3,5,8-10,26H,2,4,6-7H2,1H3. The van der Waals surface area contributed by atoms with E-state index in [9.17, 15) is 5.11 Å². The molecular formula is C18H17BrN6OS2. The summed E-state index contributed by atoms with van der Waals surface area (Å²) in [5.74, 6) is 2.51. The van der Waals surface area contributed by atoms with Gasteiger partial charge >= 0.3 is 0 Å². The molecule has 0 amide bonds. The summed E-state index contributed by atoms with van der Waals surface area (Å²) in [5, 5.41) is 12.7. The molecule has 1 unspecified atom stereocenters. The van der Waals surface area contributed by atoms with Crippen molar-refractivity contribution >= 4 is 54.6 Å². The molecule has 0 aromatic carbocycles. The number of anilines is 1. The van der Waals surface area contributed by atoms with Crippen molar-refractivity contribution in [2.45, 2.75) is 6.42 Å². The Morgan fingerprint density at radius 3 is 2.89 bits per heavy atom. The minimum absolute atomic E-state index is 0.198. The Morgan fingerprint density at radius 2 is 2.21 bits per heavy atom. The van der Waals surface area contributed by atoms with E-state index in [1.54, 1.807) is 28.9 Å². The first-order chi connectivity index (χ1) is 13.7. The number of aryl methyl sites for hydroxylation is 1. The maximum absolute atomic E-state index is 9.61. The molecule has 4 aromatic heterocycles. The van der Waals surface area contributed by atoms with Crippen molar-refractivity contribution in [3.63, 3.8) is 0 Å². The van der Waals surface area contributed by atoms with Crippen LogP contribution in [0.4, 0.5) is 5.82 Å². The molecule has 5 heterocycles. The van der Waals surface area contributed by atoms with E-state index >= 15 is 0 Å². The zero-order valence-electron chi connectivity index (χ0n) is 15.0. The van der Waals surface area contributed by atoms with Crippen LogP contribution in [-0.4, -0.2) is 49.3 Å². The number of thiazole rings is 1. The Labute approximate surface area is 177 Å². The summed E-state index contributed by atoms with van der Waals surface area (Å²) in [4.78, 5) is 21.9. The number of aliphatic hydroxyl groups excluding tert-OH is 1. The van der Waals surface area contributed by atoms with Gasteiger partial charge < -0.3 is 14.6 Å². The highest BCUT2D eigenvalue weighted by Crippen LogP contribution is 2.46. The fraction of sp³-hybridized carbons (Fsp3) is 0.333. The predicted octanol–water partition coefficient (Wildman–Crippen LogP) is 3.80. The van der Waals surface area contributed by atoms with E-state index in [1.165, 1.54) is 0 Å². The highest BCUT2D eigenvalue weighted by molar-refractivity contribution is 9.11. The molecule has 0 bridgehead atoms. The van der Waals surface area contributed by atoms with Gasteiger partial charge in [0.1, 0.15) is 10.6 Å². The minimum Gasteiger partial charge on any atom is -0.396 e. The number of hydrogen-bond acceptors (Lipinski definition) is 8. The second kappa shape index (κ2) is 7.18. The van der Waals surface area contributed by atoms with Crippen LogP contribution < -0.4 is 4.90 Å². The molecule has 1 N–H and O–H groups in total. The number of fused-ring (bicyclic) bond motifs is 1. The monoisotopic (exact) mass is 476 g/mol. The zero-order valence-corrected chi connectivity index (χ0v) is 18.3. The minimum atomic E-state index is 0.198. The molecule has 1 atom stereocenters. The van der Waals surface area contributed by atoms with E-state index < -0.39 is 0 Å². The number of hydrogen-bond donors (Lipinski definition) is 1. The van der Waals surface area contributed by atoms with Crippen molar-refractivity contribution < 1.29 is 5.11 Å². The van der Waals surface area contributed by atoms with Crippen LogP contribution in [-0.2, 0) is 7.05 Å². The molecule has 1 saturated heterocycles. The summed E-state index contributed by atoms with van der Waals surface area (Å²) in [6.07, 6.45) is 4.60. The Morgan fingerprint density at radius 1 is 1.32 bits per heavy atom. The molecule has 7 nitrogen and oxygen atoms in total. The third-order valence-electron chi connectivity index (χ3n) is 5.04. The highest BCUT2D eigenvalue weighted by Gasteiger charge is 2.29. The lowest BCUT2D eigenvalue weighted by Gasteiger charge is -2.19. The van der Waals surface area contributed by atoms with E-state index in [1.807, 2.05) is 28.7 Å². The van der Waals surface area contributed by atoms with Gasteiger partial charge in [0, 0.05) is 56.0 Å². The van der Waals surface area contributed by atoms with Gasteiger partial charge in [-0.25, -0.2) is 19.9 Å². The van der Waals surface area contributed by atoms with Crippen LogP contribution in [0.5, 0.6) is 0 Å². The van der Waals surface area contributed by atoms with Crippen molar-refractivity contribution in [3.8, 4) is 22.9 Å². The number of halogens is 1. The largest absolute Gasteiger partial charge is 0.396 e. The van der Waals surface area contributed by atoms with Gasteiger partial charge in [-0.3, -0.25) is 0 Å². The molecule has 5 rings (SSSR count). The average Bonchev–Trinajstić information content (AvgIpc) is 3.46. The number of aliphatic hydroxyl groups is 1. The highest BCUT2D eigenvalue weighted by atomic mass is 79.9. The van der Waals surface area contributed by atoms with Gasteiger partial charge in [0.15, 0.2) is 11.6 Å². The third kappa shape index (κ3) is 2.95. The van der Waals surface area contributed by atoms with Crippen LogP contribution in [0.3, 0.4) is 0 Å². The topological polar surface area (TPSA) is 80.0 Å². The lowest BCUT2D eigenvalue weighted by Crippen LogP contribution is -2.22. The van der Waals surface area contributed by atoms with E-state index in [-0.39, 0.29) is 12.5 Å². The fourth-order valence-electron chi connectivity index (χ4n) is 3.60. The van der Waals surface area contributed by atoms with E-state index in [4.69, 9.17) is 9.97 Å². The molecule has 1 aliphatic rings. The average molecular weight is 477 g/mol. The Kier molecular flexibility index (Phi) is 4.66. The van der Waals surface area contributed by atoms with Gasteiger partial charge in [-0.05, 0) is 22.4 Å². The smallest absolute Gasteiger partial charge is 0.199 e. The van der Waals surface area contributed by atoms with Crippen molar-refractivity contribution in [1.29, 1.82) is 0 Å². The molecular weight excluding hydrogens is 460 g/mol. The molecule has 10 heteroatoms. The number of imidazole rings is 1. The third-order valence-corrected chi connectivity index (χ3v) is 7.38. The number of aromatic nitrogens is 5. The van der Waals surface area contributed by atoms with Crippen molar-refractivity contribution in [3.05, 3.63) is 27.1 Å². The normalized spacial score (nSPS) is 17.1. The second-order valence-corrected chi connectivity index (χ2v) is 9.86. The van der Waals surface area contributed by atoms with E-state index in [0.717, 1.165) is 56.4 Å². The van der Waals surface area contributed by atoms with Gasteiger partial charge in [-0.1, -0.05) is 0 Å². The zero-order chi connectivity index (χ0) is 19.3. The summed E-state index contributed by atoms with van der Waals surface area (Å²) >= 11 is 6.89. The van der Waals surface area contributed by atoms with Gasteiger partial charge in [-0.2, -0.15) is 0 Å². The molecule has 0 saturated carbocycles. The lowest BCUT2D eigenvalue weighted by molar-refractivity contribution is 0.238. The molecule has 0 radical (unpaired) electrons. The number of rotatable bonds is 4. The van der Waals surface area contributed by atoms with Gasteiger partial charge in [0.05, 0.1) is 20.4 Å². The summed E-state index contributed by atoms with van der Waals surface area (Å²) in [6, 6.07) is 0. The van der Waals surface area contributed by atoms with Crippen molar-refractivity contribution in [2.75, 3.05) is 24.6 Å². The van der Waals surface area contributed by atoms with Crippen LogP contribution >= 0.6 is 38.6 Å². The van der Waals surface area contributed by atoms with Gasteiger partial charge in [0.2, 0.25) is 0 Å². The van der Waals surface area contributed by atoms with Gasteiger partial charge in [0.25, 0.3) is 0 Å². The fourth-order valence-corrected chi connectivity index (χ4v) is 5.91. The summed E-state index contributed by atoms with van der Waals surface area (Å²) < 4.78 is 2.92. The molecule has 0 spiro atoms. The molecule has 1 aliphatic heterocycles. The molecule has 28 heavy (non-hydrogen) atoms. The van der Waals surface area contributed by atoms with Crippen LogP contribution in [0.15, 0.2) is 27.1 Å². The van der Waals surface area contributed by atoms with Crippen LogP contribution in [0.25, 0.3) is 33.1 Å². The first kappa shape index (κ1) is 18.2. The SMILES string of the molecule is Cn1ccnc1-c1nc(N2CCC(CO)C2)c2c(-c3cscn3)c(Br)sc2n1. The maximum atomic E-state index is 9.61. The van der Waals surface area contributed by atoms with Crippen LogP contribution in [0, 0.1) is 5.92 Å². The summed E-state index contributed by atoms with van der Waals surface area (Å²) in [6.45, 7) is 1.84. The predicted molar refractivity (Wildman–Crippen MR) is 116 cm³/mol. The molecule has 1 fully saturated rings. The number of nitrogens with zero attached hydrogens (tertiary/aromatic N) is 6. The summed E-state index contributed by atoms with van der Waals surface area (Å²) in [5.41, 5.74) is 3.80. The second-order valence-electron chi connectivity index (χ2n) is 6.82. The Hall–Kier alpha value is -1.88. The maximum Gasteiger partial charge on any atom is 0.199 e. The molecule has 144 valence electrons. The number of thiophene rings is 1. The molecule has 0 aliphatic carbocycles.